The van der Waals surface area contributed by atoms with Crippen LogP contribution in [0.2, 0.25) is 0 Å². The fourth-order valence-corrected chi connectivity index (χ4v) is 2.72. The molecule has 1 aliphatic rings. The summed E-state index contributed by atoms with van der Waals surface area (Å²) in [6.45, 7) is 6.70. The van der Waals surface area contributed by atoms with Crippen LogP contribution in [0.1, 0.15) is 36.9 Å². The van der Waals surface area contributed by atoms with Crippen LogP contribution in [0.25, 0.3) is 0 Å². The van der Waals surface area contributed by atoms with E-state index in [0.717, 1.165) is 38.0 Å². The third-order valence-corrected chi connectivity index (χ3v) is 4.08. The van der Waals surface area contributed by atoms with Gasteiger partial charge in [-0.3, -0.25) is 4.90 Å². The summed E-state index contributed by atoms with van der Waals surface area (Å²) < 4.78 is 13.6. The van der Waals surface area contributed by atoms with E-state index in [1.807, 2.05) is 12.1 Å². The van der Waals surface area contributed by atoms with Crippen molar-refractivity contribution in [3.63, 3.8) is 0 Å². The third kappa shape index (κ3) is 3.82. The van der Waals surface area contributed by atoms with E-state index >= 15 is 0 Å². The van der Waals surface area contributed by atoms with Crippen molar-refractivity contribution in [1.82, 2.24) is 10.2 Å². The molecule has 1 unspecified atom stereocenters. The second-order valence-electron chi connectivity index (χ2n) is 5.65. The van der Waals surface area contributed by atoms with Gasteiger partial charge in [0.05, 0.1) is 6.54 Å². The van der Waals surface area contributed by atoms with Crippen LogP contribution in [0.15, 0.2) is 18.2 Å². The van der Waals surface area contributed by atoms with Gasteiger partial charge in [0.25, 0.3) is 0 Å². The first-order valence-electron chi connectivity index (χ1n) is 7.28. The number of nitrogens with one attached hydrogen (secondary N) is 1. The topological polar surface area (TPSA) is 15.3 Å². The molecule has 1 fully saturated rings. The number of piperidine rings is 1. The molecular weight excluding hydrogens is 251 g/mol. The lowest BCUT2D eigenvalue weighted by atomic mass is 10.0. The van der Waals surface area contributed by atoms with Gasteiger partial charge in [-0.15, -0.1) is 6.42 Å². The van der Waals surface area contributed by atoms with E-state index in [-0.39, 0.29) is 11.9 Å². The van der Waals surface area contributed by atoms with Crippen molar-refractivity contribution < 1.29 is 4.39 Å². The molecule has 3 heteroatoms. The Balaban J connectivity index is 1.87. The first-order chi connectivity index (χ1) is 9.60. The van der Waals surface area contributed by atoms with Gasteiger partial charge in [-0.25, -0.2) is 4.39 Å². The van der Waals surface area contributed by atoms with Crippen LogP contribution >= 0.6 is 0 Å². The van der Waals surface area contributed by atoms with Crippen LogP contribution in [0, 0.1) is 25.1 Å². The molecule has 1 aromatic carbocycles. The lowest BCUT2D eigenvalue weighted by Crippen LogP contribution is -2.43. The Bertz CT molecular complexity index is 484. The summed E-state index contributed by atoms with van der Waals surface area (Å²) in [7, 11) is 0. The SMILES string of the molecule is C#CCN1CCC(NC(C)c2ccc(C)c(F)c2)CC1. The quantitative estimate of drug-likeness (QED) is 0.849. The van der Waals surface area contributed by atoms with Gasteiger partial charge in [-0.05, 0) is 43.9 Å². The third-order valence-electron chi connectivity index (χ3n) is 4.08. The van der Waals surface area contributed by atoms with Crippen LogP contribution in [0.3, 0.4) is 0 Å². The van der Waals surface area contributed by atoms with E-state index in [1.54, 1.807) is 13.0 Å². The van der Waals surface area contributed by atoms with E-state index in [2.05, 4.69) is 23.1 Å². The summed E-state index contributed by atoms with van der Waals surface area (Å²) in [5.41, 5.74) is 1.71. The van der Waals surface area contributed by atoms with Gasteiger partial charge in [-0.1, -0.05) is 18.1 Å². The summed E-state index contributed by atoms with van der Waals surface area (Å²) in [6.07, 6.45) is 7.53. The van der Waals surface area contributed by atoms with Gasteiger partial charge in [0.1, 0.15) is 5.82 Å². The lowest BCUT2D eigenvalue weighted by molar-refractivity contribution is 0.211. The molecule has 0 radical (unpaired) electrons. The Hall–Kier alpha value is -1.37. The largest absolute Gasteiger partial charge is 0.307 e. The average Bonchev–Trinajstić information content (AvgIpc) is 2.44. The number of nitrogens with zero attached hydrogens (tertiary/aromatic N) is 1. The minimum absolute atomic E-state index is 0.125. The molecule has 108 valence electrons. The van der Waals surface area contributed by atoms with Crippen LogP contribution < -0.4 is 5.32 Å². The Labute approximate surface area is 121 Å². The maximum Gasteiger partial charge on any atom is 0.126 e. The zero-order chi connectivity index (χ0) is 14.5. The van der Waals surface area contributed by atoms with Crippen molar-refractivity contribution in [3.05, 3.63) is 35.1 Å². The first-order valence-corrected chi connectivity index (χ1v) is 7.28. The maximum absolute atomic E-state index is 13.6. The number of benzene rings is 1. The van der Waals surface area contributed by atoms with Crippen LogP contribution in [0.5, 0.6) is 0 Å². The molecule has 1 aromatic rings. The van der Waals surface area contributed by atoms with Gasteiger partial charge in [0, 0.05) is 25.2 Å². The number of likely N-dealkylation sites (tertiary alicyclic amines) is 1. The number of rotatable bonds is 4. The molecule has 2 rings (SSSR count). The molecule has 1 heterocycles. The molecule has 2 nitrogen and oxygen atoms in total. The molecule has 20 heavy (non-hydrogen) atoms. The summed E-state index contributed by atoms with van der Waals surface area (Å²) >= 11 is 0. The van der Waals surface area contributed by atoms with Gasteiger partial charge in [0.15, 0.2) is 0 Å². The summed E-state index contributed by atoms with van der Waals surface area (Å²) in [5, 5.41) is 3.60. The fraction of sp³-hybridized carbons (Fsp3) is 0.529. The summed E-state index contributed by atoms with van der Waals surface area (Å²) in [6, 6.07) is 6.15. The zero-order valence-electron chi connectivity index (χ0n) is 12.3. The van der Waals surface area contributed by atoms with E-state index in [1.165, 1.54) is 0 Å². The van der Waals surface area contributed by atoms with Crippen molar-refractivity contribution in [2.24, 2.45) is 0 Å². The minimum Gasteiger partial charge on any atom is -0.307 e. The summed E-state index contributed by atoms with van der Waals surface area (Å²) in [4.78, 5) is 2.30. The van der Waals surface area contributed by atoms with Crippen molar-refractivity contribution in [1.29, 1.82) is 0 Å². The molecule has 0 saturated carbocycles. The molecule has 0 aromatic heterocycles. The first kappa shape index (κ1) is 15.0. The van der Waals surface area contributed by atoms with Gasteiger partial charge in [0.2, 0.25) is 0 Å². The zero-order valence-corrected chi connectivity index (χ0v) is 12.3. The molecule has 1 N–H and O–H groups in total. The Morgan fingerprint density at radius 2 is 2.15 bits per heavy atom. The molecule has 0 spiro atoms. The highest BCUT2D eigenvalue weighted by Gasteiger charge is 2.20. The van der Waals surface area contributed by atoms with Gasteiger partial charge >= 0.3 is 0 Å². The minimum atomic E-state index is -0.125. The molecule has 0 amide bonds. The predicted octanol–water partition coefficient (Wildman–Crippen LogP) is 2.88. The Kier molecular flexibility index (Phi) is 5.17. The highest BCUT2D eigenvalue weighted by atomic mass is 19.1. The standard InChI is InChI=1S/C17H23FN2/c1-4-9-20-10-7-16(8-11-20)19-14(3)15-6-5-13(2)17(18)12-15/h1,5-6,12,14,16,19H,7-11H2,2-3H3. The second kappa shape index (κ2) is 6.88. The van der Waals surface area contributed by atoms with Crippen molar-refractivity contribution in [2.45, 2.75) is 38.8 Å². The van der Waals surface area contributed by atoms with Crippen molar-refractivity contribution in [3.8, 4) is 12.3 Å². The molecule has 1 atom stereocenters. The lowest BCUT2D eigenvalue weighted by Gasteiger charge is -2.33. The molecular formula is C17H23FN2. The smallest absolute Gasteiger partial charge is 0.126 e. The number of hydrogen-bond donors (Lipinski definition) is 1. The van der Waals surface area contributed by atoms with Crippen molar-refractivity contribution in [2.75, 3.05) is 19.6 Å². The van der Waals surface area contributed by atoms with E-state index in [4.69, 9.17) is 6.42 Å². The van der Waals surface area contributed by atoms with Gasteiger partial charge < -0.3 is 5.32 Å². The summed E-state index contributed by atoms with van der Waals surface area (Å²) in [5.74, 6) is 2.57. The normalized spacial score (nSPS) is 18.7. The van der Waals surface area contributed by atoms with Gasteiger partial charge in [-0.2, -0.15) is 0 Å². The van der Waals surface area contributed by atoms with Crippen molar-refractivity contribution >= 4 is 0 Å². The van der Waals surface area contributed by atoms with Crippen LogP contribution in [-0.4, -0.2) is 30.6 Å². The molecule has 0 bridgehead atoms. The highest BCUT2D eigenvalue weighted by molar-refractivity contribution is 5.25. The Morgan fingerprint density at radius 3 is 2.75 bits per heavy atom. The number of halogens is 1. The average molecular weight is 274 g/mol. The van der Waals surface area contributed by atoms with E-state index < -0.39 is 0 Å². The van der Waals surface area contributed by atoms with E-state index in [0.29, 0.717) is 11.6 Å². The predicted molar refractivity (Wildman–Crippen MR) is 81.0 cm³/mol. The van der Waals surface area contributed by atoms with Crippen LogP contribution in [-0.2, 0) is 0 Å². The monoisotopic (exact) mass is 274 g/mol. The number of aryl methyl sites for hydroxylation is 1. The molecule has 1 saturated heterocycles. The number of terminal acetylenes is 1. The Morgan fingerprint density at radius 1 is 1.45 bits per heavy atom. The molecule has 0 aliphatic carbocycles. The molecule has 1 aliphatic heterocycles. The highest BCUT2D eigenvalue weighted by Crippen LogP contribution is 2.19. The van der Waals surface area contributed by atoms with E-state index in [9.17, 15) is 4.39 Å². The number of hydrogen-bond acceptors (Lipinski definition) is 2. The maximum atomic E-state index is 13.6. The second-order valence-corrected chi connectivity index (χ2v) is 5.65. The van der Waals surface area contributed by atoms with Crippen LogP contribution in [0.4, 0.5) is 4.39 Å². The fourth-order valence-electron chi connectivity index (χ4n) is 2.72.